The van der Waals surface area contributed by atoms with Crippen LogP contribution in [0.25, 0.3) is 0 Å². The lowest BCUT2D eigenvalue weighted by Gasteiger charge is -2.15. The molecule has 0 aliphatic heterocycles. The first-order chi connectivity index (χ1) is 8.29. The molecule has 0 radical (unpaired) electrons. The van der Waals surface area contributed by atoms with Gasteiger partial charge in [-0.3, -0.25) is 0 Å². The fourth-order valence-corrected chi connectivity index (χ4v) is 2.15. The molecule has 0 aliphatic carbocycles. The van der Waals surface area contributed by atoms with Crippen molar-refractivity contribution in [2.75, 3.05) is 0 Å². The van der Waals surface area contributed by atoms with Gasteiger partial charge < -0.3 is 14.4 Å². The van der Waals surface area contributed by atoms with Crippen LogP contribution in [0.1, 0.15) is 16.7 Å². The number of benzene rings is 1. The molecule has 1 aromatic rings. The largest absolute Gasteiger partial charge is 0.497 e. The Hall–Kier alpha value is -1.10. The van der Waals surface area contributed by atoms with E-state index in [1.54, 1.807) is 0 Å². The lowest BCUT2D eigenvalue weighted by Crippen LogP contribution is -2.38. The summed E-state index contributed by atoms with van der Waals surface area (Å²) in [5, 5.41) is 0. The Morgan fingerprint density at radius 3 is 1.42 bits per heavy atom. The Bertz CT molecular complexity index is 430. The van der Waals surface area contributed by atoms with Crippen LogP contribution in [0.5, 0.6) is 0 Å². The molecule has 0 aliphatic rings. The van der Waals surface area contributed by atoms with Gasteiger partial charge in [-0.1, -0.05) is 0 Å². The molecule has 0 bridgehead atoms. The third kappa shape index (κ3) is 4.82. The van der Waals surface area contributed by atoms with Gasteiger partial charge in [0.05, 0.1) is 11.1 Å². The molecule has 108 valence electrons. The van der Waals surface area contributed by atoms with Gasteiger partial charge in [0.2, 0.25) is 0 Å². The molecule has 0 aromatic heterocycles. The summed E-state index contributed by atoms with van der Waals surface area (Å²) in [6.07, 6.45) is -10.0. The van der Waals surface area contributed by atoms with E-state index in [1.807, 2.05) is 0 Å². The maximum Gasteiger partial charge on any atom is 0.497 e. The van der Waals surface area contributed by atoms with E-state index in [0.717, 1.165) is 0 Å². The smallest absolute Gasteiger partial charge is 0.390 e. The third-order valence-corrected chi connectivity index (χ3v) is 2.97. The van der Waals surface area contributed by atoms with E-state index in [9.17, 15) is 26.3 Å². The van der Waals surface area contributed by atoms with Gasteiger partial charge >= 0.3 is 21.2 Å². The summed E-state index contributed by atoms with van der Waals surface area (Å²) in [5.41, 5.74) is -3.80. The predicted octanol–water partition coefficient (Wildman–Crippen LogP) is 1.72. The van der Waals surface area contributed by atoms with Crippen molar-refractivity contribution in [3.63, 3.8) is 0 Å². The molecule has 0 saturated heterocycles. The summed E-state index contributed by atoms with van der Waals surface area (Å²) in [6, 6.07) is -0.474. The van der Waals surface area contributed by atoms with Crippen LogP contribution in [0.15, 0.2) is 18.2 Å². The summed E-state index contributed by atoms with van der Waals surface area (Å²) < 4.78 is 74.6. The lowest BCUT2D eigenvalue weighted by molar-refractivity contribution is -0.143. The number of rotatable bonds is 2. The van der Waals surface area contributed by atoms with Gasteiger partial charge in [-0.05, 0) is 23.8 Å². The molecule has 10 heteroatoms. The van der Waals surface area contributed by atoms with Gasteiger partial charge in [-0.15, -0.1) is 0 Å². The van der Waals surface area contributed by atoms with Crippen LogP contribution in [0, 0.1) is 0 Å². The molecule has 0 saturated carbocycles. The van der Waals surface area contributed by atoms with E-state index in [1.165, 1.54) is 0 Å². The fourth-order valence-electron chi connectivity index (χ4n) is 1.40. The van der Waals surface area contributed by atoms with E-state index in [-0.39, 0.29) is 6.07 Å². The van der Waals surface area contributed by atoms with Gasteiger partial charge in [0.25, 0.3) is 0 Å². The molecule has 0 amide bonds. The average molecular weight is 306 g/mol. The monoisotopic (exact) mass is 306 g/mol. The summed E-state index contributed by atoms with van der Waals surface area (Å²) in [5.74, 6) is 0. The highest BCUT2D eigenvalue weighted by Crippen LogP contribution is 2.36. The summed E-state index contributed by atoms with van der Waals surface area (Å²) in [7, 11) is -4.80. The molecule has 0 heterocycles. The van der Waals surface area contributed by atoms with Crippen LogP contribution in [0.2, 0.25) is 0 Å². The molecule has 1 rings (SSSR count). The van der Waals surface area contributed by atoms with Crippen LogP contribution in [0.4, 0.5) is 26.3 Å². The molecule has 0 spiro atoms. The lowest BCUT2D eigenvalue weighted by atomic mass is 10.1. The zero-order valence-corrected chi connectivity index (χ0v) is 10.0. The van der Waals surface area contributed by atoms with Gasteiger partial charge in [0.15, 0.2) is 0 Å². The van der Waals surface area contributed by atoms with Crippen LogP contribution in [-0.2, 0) is 18.4 Å². The molecule has 3 nitrogen and oxygen atoms in total. The quantitative estimate of drug-likeness (QED) is 0.576. The summed E-state index contributed by atoms with van der Waals surface area (Å²) in [4.78, 5) is 26.2. The van der Waals surface area contributed by atoms with Crippen LogP contribution in [-0.4, -0.2) is 23.2 Å². The van der Waals surface area contributed by atoms with Crippen molar-refractivity contribution in [2.24, 2.45) is 0 Å². The molecular weight excluding hydrogens is 298 g/mol. The first kappa shape index (κ1) is 16.0. The highest BCUT2D eigenvalue weighted by atomic mass is 28.4. The van der Waals surface area contributed by atoms with Crippen molar-refractivity contribution in [2.45, 2.75) is 18.4 Å². The Labute approximate surface area is 104 Å². The van der Waals surface area contributed by atoms with Crippen LogP contribution in [0.3, 0.4) is 0 Å². The predicted molar refractivity (Wildman–Crippen MR) is 52.6 cm³/mol. The number of hydrogen-bond donors (Lipinski definition) is 3. The summed E-state index contributed by atoms with van der Waals surface area (Å²) in [6.45, 7) is 0. The topological polar surface area (TPSA) is 60.7 Å². The number of halogens is 6. The Morgan fingerprint density at radius 2 is 1.16 bits per heavy atom. The van der Waals surface area contributed by atoms with E-state index in [2.05, 4.69) is 0 Å². The number of alkyl halides is 6. The number of hydrogen-bond acceptors (Lipinski definition) is 3. The second-order valence-corrected chi connectivity index (χ2v) is 5.77. The molecule has 0 unspecified atom stereocenters. The normalized spacial score (nSPS) is 13.7. The van der Waals surface area contributed by atoms with Crippen LogP contribution >= 0.6 is 0 Å². The highest BCUT2D eigenvalue weighted by molar-refractivity contribution is 6.55. The van der Waals surface area contributed by atoms with Crippen molar-refractivity contribution in [3.05, 3.63) is 34.9 Å². The van der Waals surface area contributed by atoms with Crippen molar-refractivity contribution < 1.29 is 40.7 Å². The second kappa shape index (κ2) is 4.78. The zero-order chi connectivity index (χ0) is 15.1. The van der Waals surface area contributed by atoms with Gasteiger partial charge in [0, 0.05) is 6.04 Å². The van der Waals surface area contributed by atoms with Crippen LogP contribution < -0.4 is 0 Å². The van der Waals surface area contributed by atoms with Crippen molar-refractivity contribution in [3.8, 4) is 0 Å². The first-order valence-electron chi connectivity index (χ1n) is 4.74. The van der Waals surface area contributed by atoms with Crippen molar-refractivity contribution >= 4 is 8.80 Å². The maximum atomic E-state index is 12.4. The molecule has 1 aromatic carbocycles. The minimum atomic E-state index is -5.01. The fraction of sp³-hybridized carbons (Fsp3) is 0.333. The standard InChI is InChI=1S/C9H8F6O3Si/c10-8(11,12)6-1-5(4-19(16,17)18)2-7(3-6)9(13,14)15/h1-3,16-18H,4H2. The minimum absolute atomic E-state index is 0.0845. The molecular formula is C9H8F6O3Si. The Morgan fingerprint density at radius 1 is 0.789 bits per heavy atom. The average Bonchev–Trinajstić information content (AvgIpc) is 2.11. The Balaban J connectivity index is 3.33. The minimum Gasteiger partial charge on any atom is -0.390 e. The maximum absolute atomic E-state index is 12.4. The van der Waals surface area contributed by atoms with E-state index >= 15 is 0 Å². The van der Waals surface area contributed by atoms with E-state index in [0.29, 0.717) is 12.1 Å². The van der Waals surface area contributed by atoms with E-state index < -0.39 is 43.9 Å². The van der Waals surface area contributed by atoms with Crippen molar-refractivity contribution in [1.29, 1.82) is 0 Å². The Kier molecular flexibility index (Phi) is 4.01. The second-order valence-electron chi connectivity index (χ2n) is 3.87. The molecule has 0 atom stereocenters. The molecule has 3 N–H and O–H groups in total. The third-order valence-electron chi connectivity index (χ3n) is 2.09. The van der Waals surface area contributed by atoms with E-state index in [4.69, 9.17) is 14.4 Å². The van der Waals surface area contributed by atoms with Gasteiger partial charge in [-0.2, -0.15) is 26.3 Å². The highest BCUT2D eigenvalue weighted by Gasteiger charge is 2.38. The van der Waals surface area contributed by atoms with Gasteiger partial charge in [-0.25, -0.2) is 0 Å². The first-order valence-corrected chi connectivity index (χ1v) is 6.79. The SMILES string of the molecule is O[Si](O)(O)Cc1cc(C(F)(F)F)cc(C(F)(F)F)c1. The molecule has 19 heavy (non-hydrogen) atoms. The van der Waals surface area contributed by atoms with Gasteiger partial charge in [0.1, 0.15) is 0 Å². The zero-order valence-electron chi connectivity index (χ0n) is 9.05. The molecule has 0 fully saturated rings. The summed E-state index contributed by atoms with van der Waals surface area (Å²) >= 11 is 0. The van der Waals surface area contributed by atoms with Crippen molar-refractivity contribution in [1.82, 2.24) is 0 Å².